The molecule has 2 atom stereocenters. The van der Waals surface area contributed by atoms with Crippen molar-refractivity contribution in [3.8, 4) is 0 Å². The Morgan fingerprint density at radius 3 is 2.50 bits per heavy atom. The highest BCUT2D eigenvalue weighted by Gasteiger charge is 2.34. The van der Waals surface area contributed by atoms with Crippen molar-refractivity contribution in [1.82, 2.24) is 14.5 Å². The van der Waals surface area contributed by atoms with Crippen molar-refractivity contribution in [3.63, 3.8) is 0 Å². The second-order valence-electron chi connectivity index (χ2n) is 6.67. The minimum absolute atomic E-state index is 0.315. The van der Waals surface area contributed by atoms with Crippen LogP contribution in [0.3, 0.4) is 0 Å². The second kappa shape index (κ2) is 6.28. The summed E-state index contributed by atoms with van der Waals surface area (Å²) >= 11 is 0. The smallest absolute Gasteiger partial charge is 0.243 e. The predicted molar refractivity (Wildman–Crippen MR) is 87.2 cm³/mol. The van der Waals surface area contributed by atoms with E-state index >= 15 is 0 Å². The van der Waals surface area contributed by atoms with E-state index in [1.165, 1.54) is 6.42 Å². The SMILES string of the molecule is CN(C)Cc1ccc(S(=O)(=O)N2CCC3CCC(C2)N3)cc1. The van der Waals surface area contributed by atoms with Crippen molar-refractivity contribution >= 4 is 10.0 Å². The van der Waals surface area contributed by atoms with Gasteiger partial charge in [-0.15, -0.1) is 0 Å². The van der Waals surface area contributed by atoms with Crippen LogP contribution in [0.15, 0.2) is 29.2 Å². The molecule has 2 heterocycles. The first-order chi connectivity index (χ1) is 10.4. The van der Waals surface area contributed by atoms with Gasteiger partial charge in [0.2, 0.25) is 10.0 Å². The third-order valence-corrected chi connectivity index (χ3v) is 6.43. The summed E-state index contributed by atoms with van der Waals surface area (Å²) in [4.78, 5) is 2.48. The maximum Gasteiger partial charge on any atom is 0.243 e. The van der Waals surface area contributed by atoms with Crippen LogP contribution in [0, 0.1) is 0 Å². The number of hydrogen-bond acceptors (Lipinski definition) is 4. The fourth-order valence-electron chi connectivity index (χ4n) is 3.41. The average molecular weight is 323 g/mol. The summed E-state index contributed by atoms with van der Waals surface area (Å²) in [5.74, 6) is 0. The zero-order valence-corrected chi connectivity index (χ0v) is 14.1. The fraction of sp³-hybridized carbons (Fsp3) is 0.625. The van der Waals surface area contributed by atoms with Gasteiger partial charge in [0.1, 0.15) is 0 Å². The first kappa shape index (κ1) is 15.9. The molecule has 0 aromatic heterocycles. The van der Waals surface area contributed by atoms with Crippen molar-refractivity contribution in [2.24, 2.45) is 0 Å². The Labute approximate surface area is 133 Å². The van der Waals surface area contributed by atoms with Crippen LogP contribution in [-0.4, -0.2) is 56.9 Å². The van der Waals surface area contributed by atoms with Gasteiger partial charge in [0.15, 0.2) is 0 Å². The van der Waals surface area contributed by atoms with Gasteiger partial charge >= 0.3 is 0 Å². The monoisotopic (exact) mass is 323 g/mol. The summed E-state index contributed by atoms with van der Waals surface area (Å²) in [6.45, 7) is 2.03. The lowest BCUT2D eigenvalue weighted by molar-refractivity contribution is 0.383. The number of sulfonamides is 1. The second-order valence-corrected chi connectivity index (χ2v) is 8.61. The number of nitrogens with one attached hydrogen (secondary N) is 1. The molecule has 5 nitrogen and oxygen atoms in total. The topological polar surface area (TPSA) is 52.7 Å². The Bertz CT molecular complexity index is 613. The summed E-state index contributed by atoms with van der Waals surface area (Å²) < 4.78 is 27.3. The molecule has 6 heteroatoms. The lowest BCUT2D eigenvalue weighted by atomic mass is 10.1. The van der Waals surface area contributed by atoms with Crippen LogP contribution < -0.4 is 5.32 Å². The molecular formula is C16H25N3O2S. The normalized spacial score (nSPS) is 26.3. The summed E-state index contributed by atoms with van der Waals surface area (Å²) in [6.07, 6.45) is 3.17. The van der Waals surface area contributed by atoms with Gasteiger partial charge in [0, 0.05) is 31.7 Å². The summed E-state index contributed by atoms with van der Waals surface area (Å²) in [6, 6.07) is 8.11. The third-order valence-electron chi connectivity index (χ3n) is 4.55. The highest BCUT2D eigenvalue weighted by molar-refractivity contribution is 7.89. The first-order valence-electron chi connectivity index (χ1n) is 7.95. The average Bonchev–Trinajstić information content (AvgIpc) is 2.77. The molecule has 2 aliphatic heterocycles. The van der Waals surface area contributed by atoms with E-state index < -0.39 is 10.0 Å². The van der Waals surface area contributed by atoms with Crippen LogP contribution >= 0.6 is 0 Å². The predicted octanol–water partition coefficient (Wildman–Crippen LogP) is 1.26. The van der Waals surface area contributed by atoms with Crippen molar-refractivity contribution in [2.75, 3.05) is 27.2 Å². The molecule has 1 aromatic carbocycles. The summed E-state index contributed by atoms with van der Waals surface area (Å²) in [7, 11) is 0.634. The van der Waals surface area contributed by atoms with E-state index in [2.05, 4.69) is 10.2 Å². The van der Waals surface area contributed by atoms with Crippen LogP contribution in [0.4, 0.5) is 0 Å². The highest BCUT2D eigenvalue weighted by atomic mass is 32.2. The van der Waals surface area contributed by atoms with E-state index in [0.29, 0.717) is 30.1 Å². The highest BCUT2D eigenvalue weighted by Crippen LogP contribution is 2.25. The molecule has 2 aliphatic rings. The lowest BCUT2D eigenvalue weighted by Crippen LogP contribution is -2.39. The lowest BCUT2D eigenvalue weighted by Gasteiger charge is -2.23. The molecule has 2 fully saturated rings. The summed E-state index contributed by atoms with van der Waals surface area (Å²) in [5.41, 5.74) is 1.13. The first-order valence-corrected chi connectivity index (χ1v) is 9.39. The van der Waals surface area contributed by atoms with E-state index in [4.69, 9.17) is 0 Å². The van der Waals surface area contributed by atoms with Crippen molar-refractivity contribution < 1.29 is 8.42 Å². The van der Waals surface area contributed by atoms with Gasteiger partial charge in [-0.3, -0.25) is 0 Å². The van der Waals surface area contributed by atoms with Gasteiger partial charge in [-0.2, -0.15) is 4.31 Å². The maximum atomic E-state index is 12.8. The van der Waals surface area contributed by atoms with Crippen LogP contribution in [0.25, 0.3) is 0 Å². The molecule has 0 amide bonds. The Kier molecular flexibility index (Phi) is 4.54. The molecule has 22 heavy (non-hydrogen) atoms. The molecule has 0 aliphatic carbocycles. The zero-order valence-electron chi connectivity index (χ0n) is 13.3. The van der Waals surface area contributed by atoms with Gasteiger partial charge in [-0.05, 0) is 51.1 Å². The standard InChI is InChI=1S/C16H25N3O2S/c1-18(2)11-13-3-7-16(8-4-13)22(20,21)19-10-9-14-5-6-15(12-19)17-14/h3-4,7-8,14-15,17H,5-6,9-12H2,1-2H3. The van der Waals surface area contributed by atoms with Crippen LogP contribution in [0.1, 0.15) is 24.8 Å². The van der Waals surface area contributed by atoms with E-state index in [-0.39, 0.29) is 0 Å². The minimum atomic E-state index is -3.37. The number of nitrogens with zero attached hydrogens (tertiary/aromatic N) is 2. The number of benzene rings is 1. The van der Waals surface area contributed by atoms with Gasteiger partial charge in [-0.25, -0.2) is 8.42 Å². The Morgan fingerprint density at radius 2 is 1.82 bits per heavy atom. The fourth-order valence-corrected chi connectivity index (χ4v) is 4.91. The van der Waals surface area contributed by atoms with Gasteiger partial charge < -0.3 is 10.2 Å². The Morgan fingerprint density at radius 1 is 1.14 bits per heavy atom. The van der Waals surface area contributed by atoms with E-state index in [0.717, 1.165) is 24.9 Å². The molecule has 1 aromatic rings. The van der Waals surface area contributed by atoms with Crippen molar-refractivity contribution in [3.05, 3.63) is 29.8 Å². The van der Waals surface area contributed by atoms with Crippen molar-refractivity contribution in [2.45, 2.75) is 42.8 Å². The Hall–Kier alpha value is -0.950. The van der Waals surface area contributed by atoms with Crippen LogP contribution in [-0.2, 0) is 16.6 Å². The molecule has 3 rings (SSSR count). The Balaban J connectivity index is 1.77. The maximum absolute atomic E-state index is 12.8. The van der Waals surface area contributed by atoms with E-state index in [1.54, 1.807) is 16.4 Å². The molecular weight excluding hydrogens is 298 g/mol. The van der Waals surface area contributed by atoms with E-state index in [9.17, 15) is 8.42 Å². The molecule has 2 saturated heterocycles. The molecule has 0 radical (unpaired) electrons. The quantitative estimate of drug-likeness (QED) is 0.906. The van der Waals surface area contributed by atoms with Gasteiger partial charge in [0.25, 0.3) is 0 Å². The van der Waals surface area contributed by atoms with Gasteiger partial charge in [-0.1, -0.05) is 12.1 Å². The number of fused-ring (bicyclic) bond motifs is 2. The third kappa shape index (κ3) is 3.35. The molecule has 0 spiro atoms. The van der Waals surface area contributed by atoms with E-state index in [1.807, 2.05) is 26.2 Å². The zero-order chi connectivity index (χ0) is 15.7. The molecule has 2 unspecified atom stereocenters. The van der Waals surface area contributed by atoms with Gasteiger partial charge in [0.05, 0.1) is 4.90 Å². The molecule has 2 bridgehead atoms. The molecule has 1 N–H and O–H groups in total. The number of rotatable bonds is 4. The van der Waals surface area contributed by atoms with Crippen molar-refractivity contribution in [1.29, 1.82) is 0 Å². The molecule has 122 valence electrons. The van der Waals surface area contributed by atoms with Crippen LogP contribution in [0.5, 0.6) is 0 Å². The number of hydrogen-bond donors (Lipinski definition) is 1. The molecule has 0 saturated carbocycles. The van der Waals surface area contributed by atoms with Crippen LogP contribution in [0.2, 0.25) is 0 Å². The summed E-state index contributed by atoms with van der Waals surface area (Å²) in [5, 5.41) is 3.53. The largest absolute Gasteiger partial charge is 0.310 e. The minimum Gasteiger partial charge on any atom is -0.310 e.